The summed E-state index contributed by atoms with van der Waals surface area (Å²) < 4.78 is 32.9. The van der Waals surface area contributed by atoms with E-state index in [0.717, 1.165) is 15.2 Å². The van der Waals surface area contributed by atoms with Crippen LogP contribution in [-0.2, 0) is 14.8 Å². The number of rotatable bonds is 7. The van der Waals surface area contributed by atoms with Crippen molar-refractivity contribution in [2.24, 2.45) is 0 Å². The van der Waals surface area contributed by atoms with Crippen molar-refractivity contribution < 1.29 is 17.9 Å². The third-order valence-corrected chi connectivity index (χ3v) is 6.20. The first-order valence-corrected chi connectivity index (χ1v) is 10.5. The van der Waals surface area contributed by atoms with Gasteiger partial charge in [0.15, 0.2) is 0 Å². The summed E-state index contributed by atoms with van der Waals surface area (Å²) in [6.07, 6.45) is 0.0230. The first-order valence-electron chi connectivity index (χ1n) is 8.18. The third-order valence-electron chi connectivity index (χ3n) is 3.79. The highest BCUT2D eigenvalue weighted by atomic mass is 32.2. The van der Waals surface area contributed by atoms with E-state index in [1.54, 1.807) is 29.5 Å². The number of aromatic nitrogens is 1. The topological polar surface area (TPSA) is 97.4 Å². The maximum atomic E-state index is 12.2. The van der Waals surface area contributed by atoms with E-state index in [0.29, 0.717) is 11.4 Å². The summed E-state index contributed by atoms with van der Waals surface area (Å²) in [5.74, 6) is 0.300. The maximum Gasteiger partial charge on any atom is 0.240 e. The van der Waals surface area contributed by atoms with E-state index in [9.17, 15) is 13.2 Å². The number of hydrogen-bond donors (Lipinski definition) is 2. The van der Waals surface area contributed by atoms with E-state index in [-0.39, 0.29) is 23.8 Å². The second kappa shape index (κ2) is 8.03. The predicted octanol–water partition coefficient (Wildman–Crippen LogP) is 2.92. The molecular formula is C18H19N3O4S2. The summed E-state index contributed by atoms with van der Waals surface area (Å²) in [6, 6.07) is 11.5. The van der Waals surface area contributed by atoms with Crippen LogP contribution in [0.3, 0.4) is 0 Å². The number of hydrogen-bond acceptors (Lipinski definition) is 6. The number of ether oxygens (including phenoxy) is 1. The van der Waals surface area contributed by atoms with Gasteiger partial charge in [0.2, 0.25) is 15.9 Å². The molecule has 3 aromatic rings. The number of carbonyl (C=O) groups excluding carboxylic acids is 1. The number of benzene rings is 2. The Labute approximate surface area is 161 Å². The molecular weight excluding hydrogens is 386 g/mol. The molecule has 0 bridgehead atoms. The summed E-state index contributed by atoms with van der Waals surface area (Å²) in [6.45, 7) is 1.93. The minimum atomic E-state index is -3.67. The van der Waals surface area contributed by atoms with Crippen LogP contribution >= 0.6 is 11.3 Å². The molecule has 27 heavy (non-hydrogen) atoms. The van der Waals surface area contributed by atoms with Crippen LogP contribution in [-0.4, -0.2) is 33.0 Å². The van der Waals surface area contributed by atoms with Crippen LogP contribution in [0.5, 0.6) is 5.75 Å². The molecule has 1 amide bonds. The van der Waals surface area contributed by atoms with Crippen molar-refractivity contribution in [2.45, 2.75) is 18.2 Å². The van der Waals surface area contributed by atoms with Crippen LogP contribution in [0.4, 0.5) is 5.69 Å². The van der Waals surface area contributed by atoms with Gasteiger partial charge < -0.3 is 10.1 Å². The van der Waals surface area contributed by atoms with E-state index in [1.165, 1.54) is 19.2 Å². The van der Waals surface area contributed by atoms with Gasteiger partial charge >= 0.3 is 0 Å². The molecule has 1 aromatic heterocycles. The van der Waals surface area contributed by atoms with Gasteiger partial charge in [0.05, 0.1) is 27.2 Å². The molecule has 1 heterocycles. The largest absolute Gasteiger partial charge is 0.497 e. The fourth-order valence-corrected chi connectivity index (χ4v) is 4.38. The maximum absolute atomic E-state index is 12.2. The van der Waals surface area contributed by atoms with Gasteiger partial charge in [0.25, 0.3) is 0 Å². The van der Waals surface area contributed by atoms with E-state index < -0.39 is 10.0 Å². The minimum absolute atomic E-state index is 0.00209. The second-order valence-electron chi connectivity index (χ2n) is 5.79. The van der Waals surface area contributed by atoms with Gasteiger partial charge in [-0.05, 0) is 49.4 Å². The Balaban J connectivity index is 1.54. The number of aryl methyl sites for hydroxylation is 1. The third kappa shape index (κ3) is 4.82. The number of nitrogens with one attached hydrogen (secondary N) is 2. The summed E-state index contributed by atoms with van der Waals surface area (Å²) in [5, 5.41) is 3.73. The van der Waals surface area contributed by atoms with Crippen molar-refractivity contribution in [1.82, 2.24) is 9.71 Å². The van der Waals surface area contributed by atoms with E-state index in [2.05, 4.69) is 15.0 Å². The molecule has 2 N–H and O–H groups in total. The number of methoxy groups -OCH3 is 1. The highest BCUT2D eigenvalue weighted by Gasteiger charge is 2.14. The minimum Gasteiger partial charge on any atom is -0.497 e. The zero-order valence-corrected chi connectivity index (χ0v) is 16.5. The Morgan fingerprint density at radius 3 is 2.63 bits per heavy atom. The number of amides is 1. The molecule has 0 saturated carbocycles. The van der Waals surface area contributed by atoms with Gasteiger partial charge in [-0.1, -0.05) is 0 Å². The fraction of sp³-hybridized carbons (Fsp3) is 0.222. The van der Waals surface area contributed by atoms with Gasteiger partial charge in [-0.25, -0.2) is 18.1 Å². The Bertz CT molecular complexity index is 1060. The van der Waals surface area contributed by atoms with Gasteiger partial charge in [-0.2, -0.15) is 0 Å². The van der Waals surface area contributed by atoms with Crippen molar-refractivity contribution in [2.75, 3.05) is 19.0 Å². The Kier molecular flexibility index (Phi) is 5.73. The molecule has 0 saturated heterocycles. The number of carbonyl (C=O) groups is 1. The molecule has 0 spiro atoms. The molecule has 9 heteroatoms. The standard InChI is InChI=1S/C18H19N3O4S2/c1-12-20-16-8-3-13(11-17(16)26-12)21-18(22)9-10-19-27(23,24)15-6-4-14(25-2)5-7-15/h3-8,11,19H,9-10H2,1-2H3,(H,21,22). The highest BCUT2D eigenvalue weighted by Crippen LogP contribution is 2.24. The molecule has 142 valence electrons. The lowest BCUT2D eigenvalue weighted by molar-refractivity contribution is -0.116. The molecule has 0 aliphatic carbocycles. The molecule has 2 aromatic carbocycles. The van der Waals surface area contributed by atoms with Gasteiger partial charge in [0.1, 0.15) is 5.75 Å². The monoisotopic (exact) mass is 405 g/mol. The molecule has 0 atom stereocenters. The summed E-state index contributed by atoms with van der Waals surface area (Å²) in [4.78, 5) is 16.6. The van der Waals surface area contributed by atoms with Crippen molar-refractivity contribution in [3.63, 3.8) is 0 Å². The summed E-state index contributed by atoms with van der Waals surface area (Å²) >= 11 is 1.55. The fourth-order valence-electron chi connectivity index (χ4n) is 2.48. The van der Waals surface area contributed by atoms with Crippen LogP contribution in [0, 0.1) is 6.92 Å². The lowest BCUT2D eigenvalue weighted by atomic mass is 10.3. The van der Waals surface area contributed by atoms with Crippen molar-refractivity contribution >= 4 is 43.2 Å². The SMILES string of the molecule is COc1ccc(S(=O)(=O)NCCC(=O)Nc2ccc3nc(C)sc3c2)cc1. The highest BCUT2D eigenvalue weighted by molar-refractivity contribution is 7.89. The van der Waals surface area contributed by atoms with Crippen LogP contribution in [0.2, 0.25) is 0 Å². The zero-order valence-electron chi connectivity index (χ0n) is 14.9. The number of anilines is 1. The summed E-state index contributed by atoms with van der Waals surface area (Å²) in [5.41, 5.74) is 1.55. The van der Waals surface area contributed by atoms with Crippen LogP contribution < -0.4 is 14.8 Å². The molecule has 0 fully saturated rings. The first-order chi connectivity index (χ1) is 12.9. The molecule has 0 aliphatic heterocycles. The molecule has 0 unspecified atom stereocenters. The molecule has 7 nitrogen and oxygen atoms in total. The number of nitrogens with zero attached hydrogens (tertiary/aromatic N) is 1. The first kappa shape index (κ1) is 19.3. The van der Waals surface area contributed by atoms with Crippen LogP contribution in [0.15, 0.2) is 47.4 Å². The number of fused-ring (bicyclic) bond motifs is 1. The Hall–Kier alpha value is -2.49. The Morgan fingerprint density at radius 2 is 1.93 bits per heavy atom. The molecule has 3 rings (SSSR count). The second-order valence-corrected chi connectivity index (χ2v) is 8.79. The van der Waals surface area contributed by atoms with Gasteiger partial charge in [0, 0.05) is 18.7 Å². The Morgan fingerprint density at radius 1 is 1.19 bits per heavy atom. The van der Waals surface area contributed by atoms with Crippen LogP contribution in [0.25, 0.3) is 10.2 Å². The normalized spacial score (nSPS) is 11.5. The number of sulfonamides is 1. The van der Waals surface area contributed by atoms with E-state index >= 15 is 0 Å². The summed E-state index contributed by atoms with van der Waals surface area (Å²) in [7, 11) is -2.16. The lowest BCUT2D eigenvalue weighted by Crippen LogP contribution is -2.27. The van der Waals surface area contributed by atoms with Crippen molar-refractivity contribution in [3.8, 4) is 5.75 Å². The van der Waals surface area contributed by atoms with E-state index in [4.69, 9.17) is 4.74 Å². The van der Waals surface area contributed by atoms with Gasteiger partial charge in [-0.3, -0.25) is 4.79 Å². The average Bonchev–Trinajstić information content (AvgIpc) is 3.01. The van der Waals surface area contributed by atoms with Gasteiger partial charge in [-0.15, -0.1) is 11.3 Å². The quantitative estimate of drug-likeness (QED) is 0.630. The smallest absolute Gasteiger partial charge is 0.240 e. The van der Waals surface area contributed by atoms with Crippen molar-refractivity contribution in [3.05, 3.63) is 47.5 Å². The number of thiazole rings is 1. The lowest BCUT2D eigenvalue weighted by Gasteiger charge is -2.08. The molecule has 0 radical (unpaired) electrons. The molecule has 0 aliphatic rings. The predicted molar refractivity (Wildman–Crippen MR) is 106 cm³/mol. The van der Waals surface area contributed by atoms with Crippen molar-refractivity contribution in [1.29, 1.82) is 0 Å². The van der Waals surface area contributed by atoms with Crippen LogP contribution in [0.1, 0.15) is 11.4 Å². The zero-order chi connectivity index (χ0) is 19.4. The average molecular weight is 406 g/mol. The van der Waals surface area contributed by atoms with E-state index in [1.807, 2.05) is 19.1 Å².